The van der Waals surface area contributed by atoms with Crippen molar-refractivity contribution in [2.24, 2.45) is 0 Å². The van der Waals surface area contributed by atoms with Gasteiger partial charge in [-0.15, -0.1) is 0 Å². The molecule has 1 fully saturated rings. The van der Waals surface area contributed by atoms with Gasteiger partial charge < -0.3 is 5.32 Å². The van der Waals surface area contributed by atoms with Crippen molar-refractivity contribution in [3.63, 3.8) is 0 Å². The fourth-order valence-electron chi connectivity index (χ4n) is 3.51. The number of fused-ring (bicyclic) bond motifs is 2. The first-order chi connectivity index (χ1) is 11.8. The second-order valence-electron chi connectivity index (χ2n) is 6.55. The number of aromatic nitrogens is 2. The number of hydrogen-bond donors (Lipinski definition) is 1. The molecule has 122 valence electrons. The number of carbonyl (C=O) groups is 1. The zero-order chi connectivity index (χ0) is 16.4. The van der Waals surface area contributed by atoms with Gasteiger partial charge in [0.2, 0.25) is 0 Å². The molecule has 24 heavy (non-hydrogen) atoms. The Kier molecular flexibility index (Phi) is 4.11. The van der Waals surface area contributed by atoms with Crippen LogP contribution in [0, 0.1) is 0 Å². The summed E-state index contributed by atoms with van der Waals surface area (Å²) in [6.45, 7) is 0. The minimum atomic E-state index is -0.0305. The number of amides is 1. The number of hydrogen-bond acceptors (Lipinski definition) is 3. The topological polar surface area (TPSA) is 54.9 Å². The van der Waals surface area contributed by atoms with E-state index in [4.69, 9.17) is 0 Å². The van der Waals surface area contributed by atoms with Gasteiger partial charge in [-0.3, -0.25) is 4.79 Å². The lowest BCUT2D eigenvalue weighted by Crippen LogP contribution is -2.34. The number of rotatable bonds is 2. The van der Waals surface area contributed by atoms with Crippen LogP contribution < -0.4 is 5.32 Å². The highest BCUT2D eigenvalue weighted by molar-refractivity contribution is 6.06. The Bertz CT molecular complexity index is 882. The van der Waals surface area contributed by atoms with Gasteiger partial charge in [0.1, 0.15) is 5.52 Å². The van der Waals surface area contributed by atoms with Crippen LogP contribution in [0.15, 0.2) is 42.5 Å². The minimum Gasteiger partial charge on any atom is -0.349 e. The first-order valence-corrected chi connectivity index (χ1v) is 8.78. The molecule has 0 spiro atoms. The van der Waals surface area contributed by atoms with Crippen molar-refractivity contribution in [1.82, 2.24) is 15.3 Å². The van der Waals surface area contributed by atoms with Gasteiger partial charge in [0.05, 0.1) is 22.1 Å². The molecule has 0 unspecified atom stereocenters. The van der Waals surface area contributed by atoms with E-state index in [2.05, 4.69) is 15.3 Å². The Hall–Kier alpha value is -2.49. The molecular formula is C20H21N3O. The molecule has 4 rings (SSSR count). The quantitative estimate of drug-likeness (QED) is 0.568. The van der Waals surface area contributed by atoms with Crippen LogP contribution in [0.25, 0.3) is 22.1 Å². The molecule has 3 aromatic rings. The van der Waals surface area contributed by atoms with Gasteiger partial charge >= 0.3 is 0 Å². The molecule has 1 amide bonds. The van der Waals surface area contributed by atoms with Crippen molar-refractivity contribution in [2.75, 3.05) is 0 Å². The predicted octanol–water partition coefficient (Wildman–Crippen LogP) is 4.24. The SMILES string of the molecule is O=C(NC1CCCCCC1)c1cccc2nc3ccccc3nc12. The van der Waals surface area contributed by atoms with Gasteiger partial charge in [0.25, 0.3) is 5.91 Å². The van der Waals surface area contributed by atoms with Crippen LogP contribution >= 0.6 is 0 Å². The monoisotopic (exact) mass is 319 g/mol. The maximum atomic E-state index is 12.8. The second-order valence-corrected chi connectivity index (χ2v) is 6.55. The summed E-state index contributed by atoms with van der Waals surface area (Å²) in [5, 5.41) is 3.21. The number of para-hydroxylation sites is 3. The molecule has 1 heterocycles. The maximum Gasteiger partial charge on any atom is 0.253 e. The van der Waals surface area contributed by atoms with Gasteiger partial charge in [-0.1, -0.05) is 43.9 Å². The van der Waals surface area contributed by atoms with E-state index in [0.717, 1.165) is 29.4 Å². The Labute approximate surface area is 141 Å². The second kappa shape index (κ2) is 6.56. The molecule has 4 heteroatoms. The van der Waals surface area contributed by atoms with E-state index in [1.165, 1.54) is 25.7 Å². The summed E-state index contributed by atoms with van der Waals surface area (Å²) in [7, 11) is 0. The van der Waals surface area contributed by atoms with Gasteiger partial charge in [-0.2, -0.15) is 0 Å². The minimum absolute atomic E-state index is 0.0305. The smallest absolute Gasteiger partial charge is 0.253 e. The van der Waals surface area contributed by atoms with E-state index in [1.807, 2.05) is 42.5 Å². The number of nitrogens with one attached hydrogen (secondary N) is 1. The highest BCUT2D eigenvalue weighted by atomic mass is 16.1. The van der Waals surface area contributed by atoms with Crippen LogP contribution in [0.4, 0.5) is 0 Å². The van der Waals surface area contributed by atoms with Crippen molar-refractivity contribution in [1.29, 1.82) is 0 Å². The van der Waals surface area contributed by atoms with Crippen molar-refractivity contribution in [2.45, 2.75) is 44.6 Å². The van der Waals surface area contributed by atoms with Crippen LogP contribution in [-0.4, -0.2) is 21.9 Å². The third-order valence-electron chi connectivity index (χ3n) is 4.80. The molecule has 1 aromatic heterocycles. The molecule has 1 aliphatic carbocycles. The number of carbonyl (C=O) groups excluding carboxylic acids is 1. The summed E-state index contributed by atoms with van der Waals surface area (Å²) in [5.41, 5.74) is 3.74. The molecule has 4 nitrogen and oxygen atoms in total. The highest BCUT2D eigenvalue weighted by Crippen LogP contribution is 2.21. The van der Waals surface area contributed by atoms with E-state index < -0.39 is 0 Å². The lowest BCUT2D eigenvalue weighted by atomic mass is 10.1. The largest absolute Gasteiger partial charge is 0.349 e. The van der Waals surface area contributed by atoms with E-state index in [1.54, 1.807) is 0 Å². The van der Waals surface area contributed by atoms with Crippen LogP contribution in [0.1, 0.15) is 48.9 Å². The molecule has 1 aliphatic rings. The lowest BCUT2D eigenvalue weighted by molar-refractivity contribution is 0.0935. The van der Waals surface area contributed by atoms with E-state index >= 15 is 0 Å². The molecule has 0 aliphatic heterocycles. The molecule has 0 radical (unpaired) electrons. The van der Waals surface area contributed by atoms with E-state index in [-0.39, 0.29) is 11.9 Å². The van der Waals surface area contributed by atoms with Crippen LogP contribution in [0.5, 0.6) is 0 Å². The van der Waals surface area contributed by atoms with Gasteiger partial charge in [-0.05, 0) is 37.1 Å². The normalized spacial score (nSPS) is 16.2. The molecule has 0 saturated heterocycles. The zero-order valence-corrected chi connectivity index (χ0v) is 13.7. The molecule has 2 aromatic carbocycles. The van der Waals surface area contributed by atoms with Crippen LogP contribution in [-0.2, 0) is 0 Å². The van der Waals surface area contributed by atoms with Crippen molar-refractivity contribution in [3.8, 4) is 0 Å². The Morgan fingerprint density at radius 3 is 2.25 bits per heavy atom. The van der Waals surface area contributed by atoms with Crippen molar-refractivity contribution >= 4 is 28.0 Å². The standard InChI is InChI=1S/C20H21N3O/c24-20(21-14-8-3-1-2-4-9-14)15-10-7-13-18-19(15)23-17-12-6-5-11-16(17)22-18/h5-7,10-14H,1-4,8-9H2,(H,21,24). The number of nitrogens with zero attached hydrogens (tertiary/aromatic N) is 2. The highest BCUT2D eigenvalue weighted by Gasteiger charge is 2.18. The van der Waals surface area contributed by atoms with Crippen molar-refractivity contribution in [3.05, 3.63) is 48.0 Å². The zero-order valence-electron chi connectivity index (χ0n) is 13.7. The summed E-state index contributed by atoms with van der Waals surface area (Å²) in [4.78, 5) is 22.1. The number of benzene rings is 2. The first kappa shape index (κ1) is 15.1. The third kappa shape index (κ3) is 2.96. The van der Waals surface area contributed by atoms with Crippen LogP contribution in [0.2, 0.25) is 0 Å². The molecular weight excluding hydrogens is 298 g/mol. The van der Waals surface area contributed by atoms with E-state index in [0.29, 0.717) is 11.1 Å². The van der Waals surface area contributed by atoms with Gasteiger partial charge in [0, 0.05) is 6.04 Å². The molecule has 0 atom stereocenters. The van der Waals surface area contributed by atoms with Crippen LogP contribution in [0.3, 0.4) is 0 Å². The Morgan fingerprint density at radius 2 is 1.50 bits per heavy atom. The molecule has 1 saturated carbocycles. The molecule has 1 N–H and O–H groups in total. The fraction of sp³-hybridized carbons (Fsp3) is 0.350. The summed E-state index contributed by atoms with van der Waals surface area (Å²) in [5.74, 6) is -0.0305. The Balaban J connectivity index is 1.69. The predicted molar refractivity (Wildman–Crippen MR) is 96.0 cm³/mol. The average Bonchev–Trinajstić information content (AvgIpc) is 2.88. The maximum absolute atomic E-state index is 12.8. The van der Waals surface area contributed by atoms with Gasteiger partial charge in [0.15, 0.2) is 0 Å². The summed E-state index contributed by atoms with van der Waals surface area (Å²) >= 11 is 0. The fourth-order valence-corrected chi connectivity index (χ4v) is 3.51. The lowest BCUT2D eigenvalue weighted by Gasteiger charge is -2.16. The van der Waals surface area contributed by atoms with Crippen molar-refractivity contribution < 1.29 is 4.79 Å². The average molecular weight is 319 g/mol. The van der Waals surface area contributed by atoms with E-state index in [9.17, 15) is 4.79 Å². The molecule has 0 bridgehead atoms. The summed E-state index contributed by atoms with van der Waals surface area (Å²) in [6, 6.07) is 13.7. The third-order valence-corrected chi connectivity index (χ3v) is 4.80. The Morgan fingerprint density at radius 1 is 0.833 bits per heavy atom. The van der Waals surface area contributed by atoms with Gasteiger partial charge in [-0.25, -0.2) is 9.97 Å². The summed E-state index contributed by atoms with van der Waals surface area (Å²) in [6.07, 6.45) is 7.10. The first-order valence-electron chi connectivity index (χ1n) is 8.78. The summed E-state index contributed by atoms with van der Waals surface area (Å²) < 4.78 is 0.